The minimum absolute atomic E-state index is 0.0701. The van der Waals surface area contributed by atoms with Crippen molar-refractivity contribution < 1.29 is 4.79 Å². The van der Waals surface area contributed by atoms with Crippen molar-refractivity contribution in [2.75, 3.05) is 18.4 Å². The second kappa shape index (κ2) is 7.09. The van der Waals surface area contributed by atoms with E-state index in [1.165, 1.54) is 6.07 Å². The van der Waals surface area contributed by atoms with Gasteiger partial charge in [-0.3, -0.25) is 4.79 Å². The fourth-order valence-electron chi connectivity index (χ4n) is 2.89. The quantitative estimate of drug-likeness (QED) is 0.925. The fraction of sp³-hybridized carbons (Fsp3) is 0.333. The normalized spacial score (nSPS) is 14.3. The molecule has 6 heteroatoms. The van der Waals surface area contributed by atoms with Crippen molar-refractivity contribution >= 4 is 23.3 Å². The molecular weight excluding hydrogens is 326 g/mol. The van der Waals surface area contributed by atoms with E-state index in [0.29, 0.717) is 31.2 Å². The third-order valence-electron chi connectivity index (χ3n) is 4.29. The molecule has 5 nitrogen and oxygen atoms in total. The lowest BCUT2D eigenvalue weighted by molar-refractivity contribution is 0.131. The van der Waals surface area contributed by atoms with E-state index in [-0.39, 0.29) is 11.6 Å². The first-order valence-corrected chi connectivity index (χ1v) is 8.44. The van der Waals surface area contributed by atoms with Gasteiger partial charge in [-0.1, -0.05) is 29.8 Å². The number of hydrogen-bond acceptors (Lipinski definition) is 2. The zero-order valence-electron chi connectivity index (χ0n) is 13.5. The van der Waals surface area contributed by atoms with Crippen molar-refractivity contribution in [1.82, 2.24) is 9.47 Å². The van der Waals surface area contributed by atoms with Crippen LogP contribution in [0, 0.1) is 5.92 Å². The summed E-state index contributed by atoms with van der Waals surface area (Å²) in [7, 11) is 0. The minimum atomic E-state index is -0.133. The SMILES string of the molecule is CCn1cc(NC(=O)N2CC(Cc3ccccc3Cl)C2)ccc1=O. The number of carbonyl (C=O) groups is 1. The Morgan fingerprint density at radius 3 is 2.71 bits per heavy atom. The first-order valence-electron chi connectivity index (χ1n) is 8.06. The van der Waals surface area contributed by atoms with Crippen molar-refractivity contribution in [1.29, 1.82) is 0 Å². The van der Waals surface area contributed by atoms with E-state index in [9.17, 15) is 9.59 Å². The number of likely N-dealkylation sites (tertiary alicyclic amines) is 1. The van der Waals surface area contributed by atoms with Gasteiger partial charge in [-0.15, -0.1) is 0 Å². The zero-order valence-corrected chi connectivity index (χ0v) is 14.3. The van der Waals surface area contributed by atoms with Gasteiger partial charge in [0.15, 0.2) is 0 Å². The molecule has 2 aromatic rings. The largest absolute Gasteiger partial charge is 0.324 e. The standard InChI is InChI=1S/C18H20ClN3O2/c1-2-21-12-15(7-8-17(21)23)20-18(24)22-10-13(11-22)9-14-5-3-4-6-16(14)19/h3-8,12-13H,2,9-11H2,1H3,(H,20,24). The average Bonchev–Trinajstić information content (AvgIpc) is 2.53. The number of aryl methyl sites for hydroxylation is 1. The lowest BCUT2D eigenvalue weighted by Crippen LogP contribution is -2.52. The highest BCUT2D eigenvalue weighted by molar-refractivity contribution is 6.31. The van der Waals surface area contributed by atoms with Crippen LogP contribution in [0.4, 0.5) is 10.5 Å². The summed E-state index contributed by atoms with van der Waals surface area (Å²) >= 11 is 6.18. The third-order valence-corrected chi connectivity index (χ3v) is 4.65. The van der Waals surface area contributed by atoms with Crippen LogP contribution < -0.4 is 10.9 Å². The molecule has 126 valence electrons. The van der Waals surface area contributed by atoms with Gasteiger partial charge in [0.1, 0.15) is 0 Å². The number of hydrogen-bond donors (Lipinski definition) is 1. The summed E-state index contributed by atoms with van der Waals surface area (Å²) in [5, 5.41) is 3.62. The Bertz CT molecular complexity index is 797. The average molecular weight is 346 g/mol. The molecule has 1 aromatic carbocycles. The molecule has 1 aliphatic heterocycles. The predicted octanol–water partition coefficient (Wildman–Crippen LogP) is 3.23. The number of nitrogens with one attached hydrogen (secondary N) is 1. The van der Waals surface area contributed by atoms with E-state index in [2.05, 4.69) is 5.32 Å². The van der Waals surface area contributed by atoms with Gasteiger partial charge in [0.05, 0.1) is 5.69 Å². The first-order chi connectivity index (χ1) is 11.6. The molecule has 0 unspecified atom stereocenters. The monoisotopic (exact) mass is 345 g/mol. The van der Waals surface area contributed by atoms with E-state index in [1.54, 1.807) is 21.7 Å². The lowest BCUT2D eigenvalue weighted by atomic mass is 9.92. The number of nitrogens with zero attached hydrogens (tertiary/aromatic N) is 2. The van der Waals surface area contributed by atoms with E-state index >= 15 is 0 Å². The molecule has 1 fully saturated rings. The highest BCUT2D eigenvalue weighted by Crippen LogP contribution is 2.25. The van der Waals surface area contributed by atoms with Gasteiger partial charge in [-0.25, -0.2) is 4.79 Å². The second-order valence-electron chi connectivity index (χ2n) is 6.04. The second-order valence-corrected chi connectivity index (χ2v) is 6.45. The predicted molar refractivity (Wildman–Crippen MR) is 95.6 cm³/mol. The number of anilines is 1. The Morgan fingerprint density at radius 1 is 1.25 bits per heavy atom. The number of amides is 2. The van der Waals surface area contributed by atoms with Crippen LogP contribution >= 0.6 is 11.6 Å². The molecule has 0 atom stereocenters. The zero-order chi connectivity index (χ0) is 17.1. The maximum absolute atomic E-state index is 12.2. The first kappa shape index (κ1) is 16.6. The van der Waals surface area contributed by atoms with Gasteiger partial charge in [0, 0.05) is 36.9 Å². The molecule has 0 spiro atoms. The molecule has 0 aliphatic carbocycles. The molecule has 0 radical (unpaired) electrons. The van der Waals surface area contributed by atoms with Crippen molar-refractivity contribution in [3.63, 3.8) is 0 Å². The highest BCUT2D eigenvalue weighted by atomic mass is 35.5. The molecule has 0 saturated carbocycles. The molecule has 1 aliphatic rings. The molecule has 2 amide bonds. The van der Waals surface area contributed by atoms with Crippen molar-refractivity contribution in [3.05, 3.63) is 63.5 Å². The van der Waals surface area contributed by atoms with Crippen LogP contribution in [0.1, 0.15) is 12.5 Å². The van der Waals surface area contributed by atoms with Gasteiger partial charge < -0.3 is 14.8 Å². The van der Waals surface area contributed by atoms with Crippen LogP contribution in [0.25, 0.3) is 0 Å². The number of pyridine rings is 1. The molecule has 3 rings (SSSR count). The van der Waals surface area contributed by atoms with E-state index < -0.39 is 0 Å². The van der Waals surface area contributed by atoms with Gasteiger partial charge >= 0.3 is 6.03 Å². The molecule has 1 aromatic heterocycles. The Kier molecular flexibility index (Phi) is 4.90. The topological polar surface area (TPSA) is 54.3 Å². The Labute approximate surface area is 145 Å². The Hall–Kier alpha value is -2.27. The van der Waals surface area contributed by atoms with Gasteiger partial charge in [-0.2, -0.15) is 0 Å². The lowest BCUT2D eigenvalue weighted by Gasteiger charge is -2.39. The van der Waals surface area contributed by atoms with Gasteiger partial charge in [-0.05, 0) is 37.0 Å². The van der Waals surface area contributed by atoms with E-state index in [4.69, 9.17) is 11.6 Å². The number of rotatable bonds is 4. The molecule has 1 N–H and O–H groups in total. The Morgan fingerprint density at radius 2 is 2.00 bits per heavy atom. The maximum atomic E-state index is 12.2. The third kappa shape index (κ3) is 3.62. The van der Waals surface area contributed by atoms with Crippen molar-refractivity contribution in [2.24, 2.45) is 5.92 Å². The van der Waals surface area contributed by atoms with Crippen molar-refractivity contribution in [3.8, 4) is 0 Å². The smallest absolute Gasteiger partial charge is 0.321 e. The van der Waals surface area contributed by atoms with Crippen LogP contribution in [0.2, 0.25) is 5.02 Å². The van der Waals surface area contributed by atoms with Crippen LogP contribution in [-0.2, 0) is 13.0 Å². The summed E-state index contributed by atoms with van der Waals surface area (Å²) in [6.45, 7) is 3.89. The number of benzene rings is 1. The number of halogens is 1. The summed E-state index contributed by atoms with van der Waals surface area (Å²) in [6, 6.07) is 10.8. The minimum Gasteiger partial charge on any atom is -0.324 e. The summed E-state index contributed by atoms with van der Waals surface area (Å²) < 4.78 is 1.56. The fourth-order valence-corrected chi connectivity index (χ4v) is 3.11. The van der Waals surface area contributed by atoms with Crippen LogP contribution in [0.15, 0.2) is 47.4 Å². The molecular formula is C18H20ClN3O2. The van der Waals surface area contributed by atoms with Gasteiger partial charge in [0.2, 0.25) is 0 Å². The molecule has 1 saturated heterocycles. The molecule has 2 heterocycles. The summed E-state index contributed by atoms with van der Waals surface area (Å²) in [6.07, 6.45) is 2.55. The number of carbonyl (C=O) groups excluding carboxylic acids is 1. The van der Waals surface area contributed by atoms with Crippen molar-refractivity contribution in [2.45, 2.75) is 19.9 Å². The number of aromatic nitrogens is 1. The van der Waals surface area contributed by atoms with Crippen LogP contribution in [0.3, 0.4) is 0 Å². The van der Waals surface area contributed by atoms with Crippen LogP contribution in [0.5, 0.6) is 0 Å². The Balaban J connectivity index is 1.53. The summed E-state index contributed by atoms with van der Waals surface area (Å²) in [5.74, 6) is 0.431. The molecule has 24 heavy (non-hydrogen) atoms. The summed E-state index contributed by atoms with van der Waals surface area (Å²) in [5.41, 5.74) is 1.69. The maximum Gasteiger partial charge on any atom is 0.321 e. The van der Waals surface area contributed by atoms with Crippen LogP contribution in [-0.4, -0.2) is 28.6 Å². The molecule has 0 bridgehead atoms. The highest BCUT2D eigenvalue weighted by Gasteiger charge is 2.31. The number of urea groups is 1. The van der Waals surface area contributed by atoms with E-state index in [0.717, 1.165) is 17.0 Å². The van der Waals surface area contributed by atoms with E-state index in [1.807, 2.05) is 31.2 Å². The van der Waals surface area contributed by atoms with Gasteiger partial charge in [0.25, 0.3) is 5.56 Å². The summed E-state index contributed by atoms with van der Waals surface area (Å²) in [4.78, 5) is 25.6.